The number of nitrogens with zero attached hydrogens (tertiary/aromatic N) is 2. The standard InChI is InChI=1S/C49H70N2O9/c1-8-23-51(47(54)56-32-48(5,6)7)43-31-41(50-60-44-18-12-15-27-55-44)39-29-35(16-10-13-24-52)38(17-11-14-25-53)45-40-30-37(58-36-20-19-33(3)34(4)28-36)21-22-42(40)59-49(43,46(39)45)57-26-9-2/h9,19-22,28-30,35,38,43-46,52-53H,2,8,10-18,23-27,31-32H2,1,3-7H3. The molecule has 6 rings (SSSR count). The Kier molecular flexibility index (Phi) is 15.8. The van der Waals surface area contributed by atoms with Crippen molar-refractivity contribution in [3.8, 4) is 17.2 Å². The number of hydrogen-bond donors (Lipinski definition) is 2. The second-order valence-electron chi connectivity index (χ2n) is 18.3. The number of rotatable bonds is 19. The molecule has 7 unspecified atom stereocenters. The van der Waals surface area contributed by atoms with Gasteiger partial charge in [-0.05, 0) is 123 Å². The van der Waals surface area contributed by atoms with Crippen LogP contribution in [0.15, 0.2) is 65.9 Å². The van der Waals surface area contributed by atoms with Crippen molar-refractivity contribution in [2.24, 2.45) is 28.3 Å². The minimum absolute atomic E-state index is 0.0882. The van der Waals surface area contributed by atoms with E-state index in [1.54, 1.807) is 11.0 Å². The molecule has 11 heteroatoms. The summed E-state index contributed by atoms with van der Waals surface area (Å²) in [4.78, 5) is 22.6. The predicted molar refractivity (Wildman–Crippen MR) is 233 cm³/mol. The molecule has 2 fully saturated rings. The molecule has 4 aliphatic rings. The average Bonchev–Trinajstić information content (AvgIpc) is 3.23. The molecule has 1 saturated carbocycles. The van der Waals surface area contributed by atoms with Crippen LogP contribution in [0.4, 0.5) is 4.79 Å². The summed E-state index contributed by atoms with van der Waals surface area (Å²) in [7, 11) is 0. The molecule has 330 valence electrons. The van der Waals surface area contributed by atoms with Crippen molar-refractivity contribution in [2.75, 3.05) is 39.6 Å². The number of oxime groups is 1. The van der Waals surface area contributed by atoms with Crippen molar-refractivity contribution in [2.45, 2.75) is 136 Å². The monoisotopic (exact) mass is 831 g/mol. The molecule has 0 bridgehead atoms. The van der Waals surface area contributed by atoms with Gasteiger partial charge in [0.15, 0.2) is 0 Å². The van der Waals surface area contributed by atoms with Crippen molar-refractivity contribution in [1.82, 2.24) is 4.90 Å². The lowest BCUT2D eigenvalue weighted by Gasteiger charge is -2.60. The summed E-state index contributed by atoms with van der Waals surface area (Å²) >= 11 is 0. The van der Waals surface area contributed by atoms with Crippen LogP contribution in [0, 0.1) is 37.0 Å². The number of carbonyl (C=O) groups is 1. The van der Waals surface area contributed by atoms with Gasteiger partial charge in [-0.2, -0.15) is 0 Å². The highest BCUT2D eigenvalue weighted by Gasteiger charge is 2.65. The molecule has 2 aromatic carbocycles. The van der Waals surface area contributed by atoms with E-state index in [1.807, 2.05) is 39.0 Å². The number of hydrogen-bond acceptors (Lipinski definition) is 10. The van der Waals surface area contributed by atoms with E-state index in [2.05, 4.69) is 51.6 Å². The number of allylic oxidation sites excluding steroid dienone is 1. The highest BCUT2D eigenvalue weighted by Crippen LogP contribution is 2.62. The van der Waals surface area contributed by atoms with Crippen molar-refractivity contribution in [3.05, 3.63) is 77.4 Å². The quantitative estimate of drug-likeness (QED) is 0.0808. The third-order valence-corrected chi connectivity index (χ3v) is 12.5. The molecule has 2 N–H and O–H groups in total. The second kappa shape index (κ2) is 20.8. The Morgan fingerprint density at radius 1 is 1.02 bits per heavy atom. The number of aliphatic hydroxyl groups is 2. The van der Waals surface area contributed by atoms with E-state index in [0.29, 0.717) is 50.3 Å². The number of fused-ring (bicyclic) bond motifs is 2. The molecule has 1 saturated heterocycles. The predicted octanol–water partition coefficient (Wildman–Crippen LogP) is 10.2. The van der Waals surface area contributed by atoms with Crippen LogP contribution in [0.5, 0.6) is 17.2 Å². The van der Waals surface area contributed by atoms with Gasteiger partial charge in [-0.1, -0.05) is 63.9 Å². The van der Waals surface area contributed by atoms with Crippen molar-refractivity contribution >= 4 is 11.8 Å². The maximum Gasteiger partial charge on any atom is 0.410 e. The zero-order valence-corrected chi connectivity index (χ0v) is 37.0. The van der Waals surface area contributed by atoms with Gasteiger partial charge < -0.3 is 38.7 Å². The van der Waals surface area contributed by atoms with Gasteiger partial charge in [-0.25, -0.2) is 4.79 Å². The van der Waals surface area contributed by atoms with Gasteiger partial charge >= 0.3 is 6.09 Å². The average molecular weight is 831 g/mol. The van der Waals surface area contributed by atoms with Gasteiger partial charge in [0.05, 0.1) is 31.5 Å². The summed E-state index contributed by atoms with van der Waals surface area (Å²) in [5.41, 5.74) is 4.82. The second-order valence-corrected chi connectivity index (χ2v) is 18.3. The number of benzene rings is 2. The van der Waals surface area contributed by atoms with Crippen LogP contribution in [0.2, 0.25) is 0 Å². The van der Waals surface area contributed by atoms with Crippen molar-refractivity contribution < 1.29 is 43.5 Å². The topological polar surface area (TPSA) is 129 Å². The van der Waals surface area contributed by atoms with Crippen LogP contribution in [-0.2, 0) is 19.0 Å². The lowest BCUT2D eigenvalue weighted by atomic mass is 9.55. The Morgan fingerprint density at radius 3 is 2.45 bits per heavy atom. The summed E-state index contributed by atoms with van der Waals surface area (Å²) in [6, 6.07) is 11.5. The Bertz CT molecular complexity index is 1810. The van der Waals surface area contributed by atoms with Gasteiger partial charge in [-0.3, -0.25) is 4.90 Å². The van der Waals surface area contributed by atoms with Crippen LogP contribution >= 0.6 is 0 Å². The Balaban J connectivity index is 1.57. The Morgan fingerprint density at radius 2 is 1.77 bits per heavy atom. The van der Waals surface area contributed by atoms with Crippen molar-refractivity contribution in [3.63, 3.8) is 0 Å². The molecule has 0 spiro atoms. The van der Waals surface area contributed by atoms with E-state index in [9.17, 15) is 15.0 Å². The first-order valence-electron chi connectivity index (χ1n) is 22.5. The summed E-state index contributed by atoms with van der Waals surface area (Å²) in [6.45, 7) is 18.1. The molecule has 1 amide bonds. The zero-order chi connectivity index (χ0) is 42.9. The number of amides is 1. The molecular weight excluding hydrogens is 761 g/mol. The molecule has 60 heavy (non-hydrogen) atoms. The lowest BCUT2D eigenvalue weighted by molar-refractivity contribution is -0.255. The third kappa shape index (κ3) is 10.6. The molecule has 2 aromatic rings. The van der Waals surface area contributed by atoms with Gasteiger partial charge in [0.2, 0.25) is 12.1 Å². The first kappa shape index (κ1) is 45.6. The molecule has 2 heterocycles. The maximum atomic E-state index is 14.5. The number of aryl methyl sites for hydroxylation is 2. The van der Waals surface area contributed by atoms with Crippen LogP contribution < -0.4 is 9.47 Å². The van der Waals surface area contributed by atoms with Crippen LogP contribution in [0.25, 0.3) is 0 Å². The van der Waals surface area contributed by atoms with Gasteiger partial charge in [-0.15, -0.1) is 6.58 Å². The van der Waals surface area contributed by atoms with E-state index in [4.69, 9.17) is 33.7 Å². The Hall–Kier alpha value is -3.90. The third-order valence-electron chi connectivity index (χ3n) is 12.5. The number of aliphatic hydroxyl groups excluding tert-OH is 2. The normalized spacial score (nSPS) is 26.6. The molecule has 0 radical (unpaired) electrons. The molecule has 11 nitrogen and oxygen atoms in total. The molecule has 2 aliphatic heterocycles. The van der Waals surface area contributed by atoms with Crippen LogP contribution in [0.1, 0.15) is 121 Å². The minimum Gasteiger partial charge on any atom is -0.459 e. The first-order valence-corrected chi connectivity index (χ1v) is 22.5. The highest BCUT2D eigenvalue weighted by molar-refractivity contribution is 6.03. The lowest BCUT2D eigenvalue weighted by Crippen LogP contribution is -2.70. The number of ether oxygens (including phenoxy) is 5. The zero-order valence-electron chi connectivity index (χ0n) is 37.0. The van der Waals surface area contributed by atoms with Gasteiger partial charge in [0.1, 0.15) is 23.3 Å². The fraction of sp³-hybridized carbons (Fsp3) is 0.633. The fourth-order valence-corrected chi connectivity index (χ4v) is 9.52. The van der Waals surface area contributed by atoms with Crippen molar-refractivity contribution in [1.29, 1.82) is 0 Å². The maximum absolute atomic E-state index is 14.5. The van der Waals surface area contributed by atoms with Gasteiger partial charge in [0, 0.05) is 44.1 Å². The van der Waals surface area contributed by atoms with E-state index in [-0.39, 0.29) is 49.6 Å². The largest absolute Gasteiger partial charge is 0.459 e. The molecule has 2 aliphatic carbocycles. The summed E-state index contributed by atoms with van der Waals surface area (Å²) in [5, 5.41) is 24.9. The summed E-state index contributed by atoms with van der Waals surface area (Å²) in [5.74, 6) is 0.343. The SMILES string of the molecule is C=CCOC12Oc3ccc(Oc4ccc(C)c(C)c4)cc3C3C(CCCCO)C(CCCCO)C=C(C(=NOC4CCCCO4)CC1N(CCC)C(=O)OCC(C)(C)C)C32. The van der Waals surface area contributed by atoms with E-state index in [1.165, 1.54) is 5.56 Å². The number of carbonyl (C=O) groups excluding carboxylic acids is 1. The summed E-state index contributed by atoms with van der Waals surface area (Å²) < 4.78 is 33.2. The fourth-order valence-electron chi connectivity index (χ4n) is 9.52. The molecular formula is C49H70N2O9. The molecule has 7 atom stereocenters. The summed E-state index contributed by atoms with van der Waals surface area (Å²) in [6.07, 6.45) is 11.7. The number of unbranched alkanes of at least 4 members (excludes halogenated alkanes) is 2. The van der Waals surface area contributed by atoms with Crippen LogP contribution in [-0.4, -0.2) is 84.6 Å². The smallest absolute Gasteiger partial charge is 0.410 e. The minimum atomic E-state index is -1.37. The molecule has 0 aromatic heterocycles. The van der Waals surface area contributed by atoms with Gasteiger partial charge in [0.25, 0.3) is 0 Å². The first-order chi connectivity index (χ1) is 28.9. The van der Waals surface area contributed by atoms with E-state index in [0.717, 1.165) is 73.1 Å². The van der Waals surface area contributed by atoms with Crippen LogP contribution in [0.3, 0.4) is 0 Å². The van der Waals surface area contributed by atoms with E-state index >= 15 is 0 Å². The van der Waals surface area contributed by atoms with E-state index < -0.39 is 30.1 Å². The highest BCUT2D eigenvalue weighted by atomic mass is 16.8. The Labute approximate surface area is 358 Å².